The van der Waals surface area contributed by atoms with Gasteiger partial charge in [-0.25, -0.2) is 0 Å². The third-order valence-corrected chi connectivity index (χ3v) is 1.07. The molecule has 0 saturated heterocycles. The van der Waals surface area contributed by atoms with Crippen LogP contribution in [0.1, 0.15) is 51.9 Å². The van der Waals surface area contributed by atoms with Crippen molar-refractivity contribution in [1.29, 1.82) is 0 Å². The van der Waals surface area contributed by atoms with E-state index in [4.69, 9.17) is 5.73 Å². The highest BCUT2D eigenvalue weighted by molar-refractivity contribution is 5.75. The normalized spacial score (nSPS) is 6.53. The molecular weight excluding hydrogens is 186 g/mol. The Kier molecular flexibility index (Phi) is 23.8. The summed E-state index contributed by atoms with van der Waals surface area (Å²) in [6.07, 6.45) is 0.791. The first-order chi connectivity index (χ1) is 7.33. The number of hydrogen-bond donors (Lipinski definition) is 1. The Morgan fingerprint density at radius 1 is 0.867 bits per heavy atom. The van der Waals surface area contributed by atoms with Crippen LogP contribution in [-0.2, 0) is 0 Å². The first-order valence-electron chi connectivity index (χ1n) is 5.63. The number of benzene rings is 1. The largest absolute Gasteiger partial charge is 0.399 e. The molecule has 0 bridgehead atoms. The second-order valence-corrected chi connectivity index (χ2v) is 1.78. The summed E-state index contributed by atoms with van der Waals surface area (Å²) in [6.45, 7) is 12.0. The number of nitrogens with two attached hydrogens (primary N) is 1. The van der Waals surface area contributed by atoms with Crippen molar-refractivity contribution < 1.29 is 4.79 Å². The molecule has 0 fully saturated rings. The van der Waals surface area contributed by atoms with Gasteiger partial charge in [0.05, 0.1) is 0 Å². The lowest BCUT2D eigenvalue weighted by atomic mass is 10.2. The predicted octanol–water partition coefficient (Wildman–Crippen LogP) is 4.16. The lowest BCUT2D eigenvalue weighted by Gasteiger charge is -1.89. The maximum Gasteiger partial charge on any atom is 0.150 e. The summed E-state index contributed by atoms with van der Waals surface area (Å²) in [4.78, 5) is 10.1. The molecule has 0 aromatic heterocycles. The van der Waals surface area contributed by atoms with Gasteiger partial charge in [-0.05, 0) is 24.3 Å². The number of nitrogen functional groups attached to an aromatic ring is 1. The Morgan fingerprint density at radius 3 is 1.47 bits per heavy atom. The van der Waals surface area contributed by atoms with E-state index in [1.165, 1.54) is 0 Å². The molecule has 0 atom stereocenters. The van der Waals surface area contributed by atoms with Crippen LogP contribution in [0.4, 0.5) is 5.69 Å². The van der Waals surface area contributed by atoms with Gasteiger partial charge in [-0.3, -0.25) is 4.79 Å². The van der Waals surface area contributed by atoms with Gasteiger partial charge in [-0.15, -0.1) is 0 Å². The van der Waals surface area contributed by atoms with Crippen LogP contribution in [-0.4, -0.2) is 6.29 Å². The molecule has 1 rings (SSSR count). The molecule has 0 aliphatic carbocycles. The summed E-state index contributed by atoms with van der Waals surface area (Å²) >= 11 is 0. The molecule has 0 saturated carbocycles. The standard InChI is InChI=1S/C7H7NO.3C2H6/c8-7-3-1-6(5-9)2-4-7;3*1-2/h1-5H,8H2;3*1-2H3. The maximum absolute atomic E-state index is 10.1. The molecule has 2 N–H and O–H groups in total. The fourth-order valence-corrected chi connectivity index (χ4v) is 0.575. The lowest BCUT2D eigenvalue weighted by molar-refractivity contribution is 0.112. The van der Waals surface area contributed by atoms with Gasteiger partial charge in [-0.1, -0.05) is 41.5 Å². The number of carbonyl (C=O) groups excluding carboxylic acids is 1. The summed E-state index contributed by atoms with van der Waals surface area (Å²) < 4.78 is 0. The summed E-state index contributed by atoms with van der Waals surface area (Å²) in [6, 6.07) is 6.76. The van der Waals surface area contributed by atoms with Crippen molar-refractivity contribution in [3.63, 3.8) is 0 Å². The summed E-state index contributed by atoms with van der Waals surface area (Å²) in [5, 5.41) is 0. The molecule has 1 aromatic rings. The van der Waals surface area contributed by atoms with Crippen molar-refractivity contribution >= 4 is 12.0 Å². The van der Waals surface area contributed by atoms with Gasteiger partial charge in [0, 0.05) is 11.3 Å². The average molecular weight is 211 g/mol. The van der Waals surface area contributed by atoms with Gasteiger partial charge in [0.2, 0.25) is 0 Å². The minimum atomic E-state index is 0.657. The zero-order chi connectivity index (χ0) is 12.7. The summed E-state index contributed by atoms with van der Waals surface area (Å²) in [5.41, 5.74) is 6.70. The van der Waals surface area contributed by atoms with Crippen LogP contribution in [0.2, 0.25) is 0 Å². The molecule has 88 valence electrons. The fraction of sp³-hybridized carbons (Fsp3) is 0.462. The van der Waals surface area contributed by atoms with E-state index in [9.17, 15) is 4.79 Å². The van der Waals surface area contributed by atoms with Gasteiger partial charge in [-0.2, -0.15) is 0 Å². The fourth-order valence-electron chi connectivity index (χ4n) is 0.575. The number of hydrogen-bond acceptors (Lipinski definition) is 2. The molecule has 2 nitrogen and oxygen atoms in total. The second kappa shape index (κ2) is 18.5. The number of aldehydes is 1. The van der Waals surface area contributed by atoms with Crippen molar-refractivity contribution in [2.75, 3.05) is 5.73 Å². The van der Waals surface area contributed by atoms with Crippen molar-refractivity contribution in [1.82, 2.24) is 0 Å². The van der Waals surface area contributed by atoms with Crippen LogP contribution in [0.5, 0.6) is 0 Å². The Hall–Kier alpha value is -1.31. The van der Waals surface area contributed by atoms with E-state index >= 15 is 0 Å². The van der Waals surface area contributed by atoms with Crippen LogP contribution < -0.4 is 5.73 Å². The predicted molar refractivity (Wildman–Crippen MR) is 70.3 cm³/mol. The second-order valence-electron chi connectivity index (χ2n) is 1.78. The molecule has 0 spiro atoms. The van der Waals surface area contributed by atoms with Crippen molar-refractivity contribution in [2.24, 2.45) is 0 Å². The minimum absolute atomic E-state index is 0.657. The minimum Gasteiger partial charge on any atom is -0.399 e. The van der Waals surface area contributed by atoms with E-state index in [1.807, 2.05) is 41.5 Å². The number of rotatable bonds is 1. The van der Waals surface area contributed by atoms with Crippen molar-refractivity contribution in [3.05, 3.63) is 29.8 Å². The summed E-state index contributed by atoms with van der Waals surface area (Å²) in [5.74, 6) is 0. The van der Waals surface area contributed by atoms with Crippen LogP contribution in [0.15, 0.2) is 24.3 Å². The zero-order valence-corrected chi connectivity index (χ0v) is 10.9. The molecular formula is C13H25NO. The molecule has 0 unspecified atom stereocenters. The molecule has 2 heteroatoms. The Balaban J connectivity index is -0.000000208. The van der Waals surface area contributed by atoms with E-state index in [-0.39, 0.29) is 0 Å². The van der Waals surface area contributed by atoms with Gasteiger partial charge < -0.3 is 5.73 Å². The highest BCUT2D eigenvalue weighted by Gasteiger charge is 1.85. The first-order valence-corrected chi connectivity index (χ1v) is 5.63. The third-order valence-electron chi connectivity index (χ3n) is 1.07. The molecule has 0 heterocycles. The summed E-state index contributed by atoms with van der Waals surface area (Å²) in [7, 11) is 0. The number of anilines is 1. The van der Waals surface area contributed by atoms with Crippen LogP contribution in [0, 0.1) is 0 Å². The van der Waals surface area contributed by atoms with E-state index < -0.39 is 0 Å². The Labute approximate surface area is 94.5 Å². The van der Waals surface area contributed by atoms with Gasteiger partial charge in [0.25, 0.3) is 0 Å². The highest BCUT2D eigenvalue weighted by Crippen LogP contribution is 2.01. The third kappa shape index (κ3) is 12.7. The average Bonchev–Trinajstić information content (AvgIpc) is 2.38. The van der Waals surface area contributed by atoms with Crippen LogP contribution >= 0.6 is 0 Å². The quantitative estimate of drug-likeness (QED) is 0.560. The zero-order valence-electron chi connectivity index (χ0n) is 10.9. The van der Waals surface area contributed by atoms with Gasteiger partial charge in [0.1, 0.15) is 6.29 Å². The highest BCUT2D eigenvalue weighted by atomic mass is 16.1. The monoisotopic (exact) mass is 211 g/mol. The van der Waals surface area contributed by atoms with E-state index in [1.54, 1.807) is 24.3 Å². The van der Waals surface area contributed by atoms with Crippen LogP contribution in [0.3, 0.4) is 0 Å². The molecule has 0 radical (unpaired) electrons. The lowest BCUT2D eigenvalue weighted by Crippen LogP contribution is -1.84. The number of carbonyl (C=O) groups is 1. The Bertz CT molecular complexity index is 204. The van der Waals surface area contributed by atoms with Gasteiger partial charge in [0.15, 0.2) is 0 Å². The van der Waals surface area contributed by atoms with E-state index in [0.29, 0.717) is 11.3 Å². The van der Waals surface area contributed by atoms with E-state index in [2.05, 4.69) is 0 Å². The van der Waals surface area contributed by atoms with Gasteiger partial charge >= 0.3 is 0 Å². The molecule has 1 aromatic carbocycles. The molecule has 15 heavy (non-hydrogen) atoms. The topological polar surface area (TPSA) is 43.1 Å². The molecule has 0 amide bonds. The van der Waals surface area contributed by atoms with Crippen molar-refractivity contribution in [3.8, 4) is 0 Å². The van der Waals surface area contributed by atoms with E-state index in [0.717, 1.165) is 6.29 Å². The Morgan fingerprint density at radius 2 is 1.20 bits per heavy atom. The molecule has 0 aliphatic rings. The smallest absolute Gasteiger partial charge is 0.150 e. The first kappa shape index (κ1) is 19.3. The van der Waals surface area contributed by atoms with Crippen molar-refractivity contribution in [2.45, 2.75) is 41.5 Å². The SMILES string of the molecule is CC.CC.CC.Nc1ccc(C=O)cc1. The molecule has 0 aliphatic heterocycles. The maximum atomic E-state index is 10.1. The van der Waals surface area contributed by atoms with Crippen LogP contribution in [0.25, 0.3) is 0 Å².